The molecule has 2 heterocycles. The van der Waals surface area contributed by atoms with Gasteiger partial charge >= 0.3 is 0 Å². The fraction of sp³-hybridized carbons (Fsp3) is 0.625. The molecule has 2 aromatic rings. The Morgan fingerprint density at radius 2 is 2.00 bits per heavy atom. The predicted octanol–water partition coefficient (Wildman–Crippen LogP) is 3.88. The SMILES string of the molecule is Cc1ccnc2c1nc(CCCl)n2C(C1CC1)C1CC1. The van der Waals surface area contributed by atoms with Gasteiger partial charge in [0.25, 0.3) is 0 Å². The van der Waals surface area contributed by atoms with Crippen LogP contribution < -0.4 is 0 Å². The maximum absolute atomic E-state index is 6.00. The first-order valence-corrected chi connectivity index (χ1v) is 8.21. The van der Waals surface area contributed by atoms with Crippen molar-refractivity contribution in [3.63, 3.8) is 0 Å². The lowest BCUT2D eigenvalue weighted by molar-refractivity contribution is 0.392. The van der Waals surface area contributed by atoms with Crippen LogP contribution in [0.15, 0.2) is 12.3 Å². The lowest BCUT2D eigenvalue weighted by atomic mass is 10.1. The Hall–Kier alpha value is -1.09. The molecular weight excluding hydrogens is 270 g/mol. The highest BCUT2D eigenvalue weighted by molar-refractivity contribution is 6.17. The largest absolute Gasteiger partial charge is 0.309 e. The minimum absolute atomic E-state index is 0.618. The number of pyridine rings is 1. The van der Waals surface area contributed by atoms with Crippen LogP contribution in [-0.2, 0) is 6.42 Å². The van der Waals surface area contributed by atoms with Crippen molar-refractivity contribution in [2.45, 2.75) is 45.1 Å². The summed E-state index contributed by atoms with van der Waals surface area (Å²) in [4.78, 5) is 9.50. The van der Waals surface area contributed by atoms with Gasteiger partial charge in [0.15, 0.2) is 5.65 Å². The number of fused-ring (bicyclic) bond motifs is 1. The second-order valence-electron chi connectivity index (χ2n) is 6.30. The zero-order valence-corrected chi connectivity index (χ0v) is 12.6. The third-order valence-corrected chi connectivity index (χ3v) is 4.87. The molecule has 2 aliphatic rings. The van der Waals surface area contributed by atoms with Crippen LogP contribution in [0.1, 0.15) is 43.1 Å². The van der Waals surface area contributed by atoms with E-state index < -0.39 is 0 Å². The molecule has 4 rings (SSSR count). The van der Waals surface area contributed by atoms with Gasteiger partial charge in [-0.25, -0.2) is 9.97 Å². The normalized spacial score (nSPS) is 19.1. The van der Waals surface area contributed by atoms with Crippen molar-refractivity contribution in [1.82, 2.24) is 14.5 Å². The fourth-order valence-corrected chi connectivity index (χ4v) is 3.58. The maximum atomic E-state index is 6.00. The highest BCUT2D eigenvalue weighted by Gasteiger charge is 2.44. The van der Waals surface area contributed by atoms with Crippen molar-refractivity contribution in [1.29, 1.82) is 0 Å². The molecule has 3 nitrogen and oxygen atoms in total. The Morgan fingerprint density at radius 1 is 1.30 bits per heavy atom. The first-order valence-electron chi connectivity index (χ1n) is 7.68. The molecule has 0 bridgehead atoms. The molecule has 0 unspecified atom stereocenters. The summed E-state index contributed by atoms with van der Waals surface area (Å²) in [7, 11) is 0. The van der Waals surface area contributed by atoms with Crippen LogP contribution in [0.5, 0.6) is 0 Å². The molecule has 2 saturated carbocycles. The third-order valence-electron chi connectivity index (χ3n) is 4.68. The molecule has 0 aliphatic heterocycles. The maximum Gasteiger partial charge on any atom is 0.160 e. The van der Waals surface area contributed by atoms with Gasteiger partial charge in [0.1, 0.15) is 11.3 Å². The second kappa shape index (κ2) is 4.73. The van der Waals surface area contributed by atoms with E-state index in [0.29, 0.717) is 11.9 Å². The van der Waals surface area contributed by atoms with Crippen LogP contribution in [0, 0.1) is 18.8 Å². The van der Waals surface area contributed by atoms with E-state index in [2.05, 4.69) is 16.5 Å². The Labute approximate surface area is 124 Å². The number of rotatable bonds is 5. The van der Waals surface area contributed by atoms with Gasteiger partial charge in [-0.3, -0.25) is 0 Å². The summed E-state index contributed by atoms with van der Waals surface area (Å²) in [6, 6.07) is 2.67. The quantitative estimate of drug-likeness (QED) is 0.782. The predicted molar refractivity (Wildman–Crippen MR) is 81.2 cm³/mol. The molecule has 0 amide bonds. The van der Waals surface area contributed by atoms with Crippen molar-refractivity contribution in [3.8, 4) is 0 Å². The first-order chi connectivity index (χ1) is 9.79. The van der Waals surface area contributed by atoms with E-state index in [-0.39, 0.29) is 0 Å². The van der Waals surface area contributed by atoms with Gasteiger partial charge in [0.2, 0.25) is 0 Å². The summed E-state index contributed by atoms with van der Waals surface area (Å²) in [6.45, 7) is 2.12. The molecule has 2 aromatic heterocycles. The van der Waals surface area contributed by atoms with Crippen LogP contribution in [-0.4, -0.2) is 20.4 Å². The van der Waals surface area contributed by atoms with Crippen molar-refractivity contribution < 1.29 is 0 Å². The highest BCUT2D eigenvalue weighted by Crippen LogP contribution is 2.53. The Balaban J connectivity index is 1.90. The number of nitrogens with zero attached hydrogens (tertiary/aromatic N) is 3. The average molecular weight is 290 g/mol. The smallest absolute Gasteiger partial charge is 0.160 e. The Kier molecular flexibility index (Phi) is 2.99. The van der Waals surface area contributed by atoms with E-state index in [4.69, 9.17) is 16.6 Å². The zero-order chi connectivity index (χ0) is 13.7. The van der Waals surface area contributed by atoms with Gasteiger partial charge in [0, 0.05) is 24.5 Å². The van der Waals surface area contributed by atoms with E-state index in [0.717, 1.165) is 35.2 Å². The molecule has 0 spiro atoms. The van der Waals surface area contributed by atoms with Gasteiger partial charge in [-0.1, -0.05) is 0 Å². The number of aryl methyl sites for hydroxylation is 2. The van der Waals surface area contributed by atoms with Crippen LogP contribution in [0.25, 0.3) is 11.2 Å². The second-order valence-corrected chi connectivity index (χ2v) is 6.68. The van der Waals surface area contributed by atoms with Crippen LogP contribution >= 0.6 is 11.6 Å². The molecule has 4 heteroatoms. The van der Waals surface area contributed by atoms with Crippen LogP contribution in [0.2, 0.25) is 0 Å². The summed E-state index contributed by atoms with van der Waals surface area (Å²) in [5.74, 6) is 3.46. The molecule has 0 aromatic carbocycles. The van der Waals surface area contributed by atoms with Crippen molar-refractivity contribution in [2.24, 2.45) is 11.8 Å². The number of halogens is 1. The lowest BCUT2D eigenvalue weighted by Gasteiger charge is -2.20. The molecule has 2 aliphatic carbocycles. The Bertz CT molecular complexity index is 628. The minimum Gasteiger partial charge on any atom is -0.309 e. The monoisotopic (exact) mass is 289 g/mol. The van der Waals surface area contributed by atoms with Gasteiger partial charge in [-0.15, -0.1) is 11.6 Å². The standard InChI is InChI=1S/C16H20ClN3/c1-10-7-9-18-16-14(10)19-13(6-8-17)20(16)15(11-2-3-11)12-4-5-12/h7,9,11-12,15H,2-6,8H2,1H3. The van der Waals surface area contributed by atoms with Crippen LogP contribution in [0.4, 0.5) is 0 Å². The van der Waals surface area contributed by atoms with Gasteiger partial charge < -0.3 is 4.57 Å². The minimum atomic E-state index is 0.618. The lowest BCUT2D eigenvalue weighted by Crippen LogP contribution is -2.17. The topological polar surface area (TPSA) is 30.7 Å². The molecule has 0 N–H and O–H groups in total. The summed E-state index contributed by atoms with van der Waals surface area (Å²) >= 11 is 6.00. The molecule has 0 saturated heterocycles. The van der Waals surface area contributed by atoms with E-state index in [1.165, 1.54) is 31.2 Å². The van der Waals surface area contributed by atoms with Crippen molar-refractivity contribution in [2.75, 3.05) is 5.88 Å². The van der Waals surface area contributed by atoms with Gasteiger partial charge in [-0.2, -0.15) is 0 Å². The average Bonchev–Trinajstić information content (AvgIpc) is 3.33. The summed E-state index contributed by atoms with van der Waals surface area (Å²) in [5.41, 5.74) is 3.36. The number of alkyl halides is 1. The van der Waals surface area contributed by atoms with E-state index in [1.807, 2.05) is 12.3 Å². The summed E-state index contributed by atoms with van der Waals surface area (Å²) in [5, 5.41) is 0. The Morgan fingerprint density at radius 3 is 2.60 bits per heavy atom. The molecule has 0 radical (unpaired) electrons. The number of imidazole rings is 1. The number of hydrogen-bond donors (Lipinski definition) is 0. The fourth-order valence-electron chi connectivity index (χ4n) is 3.41. The van der Waals surface area contributed by atoms with Gasteiger partial charge in [-0.05, 0) is 56.1 Å². The van der Waals surface area contributed by atoms with Crippen molar-refractivity contribution >= 4 is 22.8 Å². The zero-order valence-electron chi connectivity index (χ0n) is 11.8. The molecule has 2 fully saturated rings. The summed E-state index contributed by atoms with van der Waals surface area (Å²) < 4.78 is 2.44. The van der Waals surface area contributed by atoms with E-state index in [1.54, 1.807) is 0 Å². The van der Waals surface area contributed by atoms with E-state index >= 15 is 0 Å². The van der Waals surface area contributed by atoms with Gasteiger partial charge in [0.05, 0.1) is 0 Å². The first kappa shape index (κ1) is 12.6. The molecule has 0 atom stereocenters. The number of aromatic nitrogens is 3. The molecule has 106 valence electrons. The van der Waals surface area contributed by atoms with Crippen LogP contribution in [0.3, 0.4) is 0 Å². The van der Waals surface area contributed by atoms with Crippen molar-refractivity contribution in [3.05, 3.63) is 23.7 Å². The highest BCUT2D eigenvalue weighted by atomic mass is 35.5. The number of hydrogen-bond acceptors (Lipinski definition) is 2. The molecule has 20 heavy (non-hydrogen) atoms. The molecular formula is C16H20ClN3. The summed E-state index contributed by atoms with van der Waals surface area (Å²) in [6.07, 6.45) is 8.23. The third kappa shape index (κ3) is 2.03. The van der Waals surface area contributed by atoms with E-state index in [9.17, 15) is 0 Å².